The lowest BCUT2D eigenvalue weighted by molar-refractivity contribution is -0.161. The molecule has 0 aliphatic carbocycles. The quantitative estimate of drug-likeness (QED) is 0.726. The molecule has 0 saturated carbocycles. The van der Waals surface area contributed by atoms with E-state index < -0.39 is 6.10 Å². The van der Waals surface area contributed by atoms with Gasteiger partial charge in [0.15, 0.2) is 6.10 Å². The van der Waals surface area contributed by atoms with Crippen LogP contribution < -0.4 is 0 Å². The first-order chi connectivity index (χ1) is 10.3. The second kappa shape index (κ2) is 13.1. The predicted molar refractivity (Wildman–Crippen MR) is 83.4 cm³/mol. The van der Waals surface area contributed by atoms with Crippen molar-refractivity contribution < 1.29 is 19.0 Å². The standard InChI is InChI=1S/C17H32O4/c1-2-20-17(18)16-15-19-13-11-9-7-5-3-4-6-8-10-12-14-21-16/h16H,2-15H2,1H3. The third-order valence-corrected chi connectivity index (χ3v) is 3.82. The topological polar surface area (TPSA) is 44.8 Å². The molecule has 1 saturated heterocycles. The number of hydrogen-bond acceptors (Lipinski definition) is 4. The van der Waals surface area contributed by atoms with E-state index in [1.54, 1.807) is 0 Å². The summed E-state index contributed by atoms with van der Waals surface area (Å²) < 4.78 is 16.3. The van der Waals surface area contributed by atoms with Crippen molar-refractivity contribution in [3.05, 3.63) is 0 Å². The van der Waals surface area contributed by atoms with Gasteiger partial charge in [-0.25, -0.2) is 4.79 Å². The van der Waals surface area contributed by atoms with Crippen molar-refractivity contribution in [1.29, 1.82) is 0 Å². The van der Waals surface area contributed by atoms with Crippen LogP contribution in [0.5, 0.6) is 0 Å². The Morgan fingerprint density at radius 3 is 2.00 bits per heavy atom. The zero-order valence-corrected chi connectivity index (χ0v) is 13.6. The molecule has 4 heteroatoms. The van der Waals surface area contributed by atoms with Gasteiger partial charge in [0.05, 0.1) is 13.2 Å². The van der Waals surface area contributed by atoms with E-state index in [1.165, 1.54) is 51.4 Å². The molecular weight excluding hydrogens is 268 g/mol. The fourth-order valence-electron chi connectivity index (χ4n) is 2.56. The van der Waals surface area contributed by atoms with Crippen molar-refractivity contribution >= 4 is 5.97 Å². The van der Waals surface area contributed by atoms with Gasteiger partial charge in [0.25, 0.3) is 0 Å². The summed E-state index contributed by atoms with van der Waals surface area (Å²) >= 11 is 0. The zero-order valence-electron chi connectivity index (χ0n) is 13.6. The lowest BCUT2D eigenvalue weighted by Gasteiger charge is -2.17. The number of ether oxygens (including phenoxy) is 3. The highest BCUT2D eigenvalue weighted by molar-refractivity contribution is 5.74. The molecule has 0 aromatic rings. The Morgan fingerprint density at radius 1 is 0.905 bits per heavy atom. The number of hydrogen-bond donors (Lipinski definition) is 0. The van der Waals surface area contributed by atoms with Gasteiger partial charge in [-0.3, -0.25) is 0 Å². The van der Waals surface area contributed by atoms with Crippen molar-refractivity contribution in [2.45, 2.75) is 77.2 Å². The van der Waals surface area contributed by atoms with Crippen LogP contribution in [0.2, 0.25) is 0 Å². The number of carbonyl (C=O) groups is 1. The third kappa shape index (κ3) is 9.86. The van der Waals surface area contributed by atoms with Gasteiger partial charge in [-0.2, -0.15) is 0 Å². The molecule has 0 bridgehead atoms. The van der Waals surface area contributed by atoms with Crippen LogP contribution in [0.25, 0.3) is 0 Å². The van der Waals surface area contributed by atoms with E-state index in [1.807, 2.05) is 6.92 Å². The van der Waals surface area contributed by atoms with Crippen LogP contribution in [-0.2, 0) is 19.0 Å². The SMILES string of the molecule is CCOC(=O)C1COCCCCCCCCCCCCO1. The average Bonchev–Trinajstić information content (AvgIpc) is 2.47. The van der Waals surface area contributed by atoms with E-state index >= 15 is 0 Å². The summed E-state index contributed by atoms with van der Waals surface area (Å²) in [5.41, 5.74) is 0. The van der Waals surface area contributed by atoms with E-state index in [4.69, 9.17) is 14.2 Å². The molecule has 0 aromatic heterocycles. The highest BCUT2D eigenvalue weighted by atomic mass is 16.6. The fourth-order valence-corrected chi connectivity index (χ4v) is 2.56. The molecule has 1 unspecified atom stereocenters. The Hall–Kier alpha value is -0.610. The lowest BCUT2D eigenvalue weighted by atomic mass is 10.1. The molecule has 0 aromatic carbocycles. The number of rotatable bonds is 2. The minimum absolute atomic E-state index is 0.293. The summed E-state index contributed by atoms with van der Waals surface area (Å²) in [7, 11) is 0. The van der Waals surface area contributed by atoms with Crippen molar-refractivity contribution in [2.75, 3.05) is 26.4 Å². The Kier molecular flexibility index (Phi) is 11.5. The molecule has 1 aliphatic heterocycles. The number of carbonyl (C=O) groups excluding carboxylic acids is 1. The molecule has 0 radical (unpaired) electrons. The van der Waals surface area contributed by atoms with Crippen LogP contribution in [0.4, 0.5) is 0 Å². The van der Waals surface area contributed by atoms with Gasteiger partial charge in [-0.05, 0) is 19.8 Å². The summed E-state index contributed by atoms with van der Waals surface area (Å²) in [4.78, 5) is 11.8. The third-order valence-electron chi connectivity index (χ3n) is 3.82. The molecule has 124 valence electrons. The van der Waals surface area contributed by atoms with E-state index in [0.717, 1.165) is 12.8 Å². The average molecular weight is 300 g/mol. The normalized spacial score (nSPS) is 24.3. The summed E-state index contributed by atoms with van der Waals surface area (Å²) in [6.07, 6.45) is 11.8. The molecule has 1 rings (SSSR count). The largest absolute Gasteiger partial charge is 0.464 e. The first kappa shape index (κ1) is 18.4. The van der Waals surface area contributed by atoms with Crippen LogP contribution in [0.1, 0.15) is 71.1 Å². The molecule has 4 nitrogen and oxygen atoms in total. The van der Waals surface area contributed by atoms with E-state index in [-0.39, 0.29) is 5.97 Å². The Labute approximate surface area is 129 Å². The Bertz CT molecular complexity index is 239. The summed E-state index contributed by atoms with van der Waals surface area (Å²) in [6, 6.07) is 0. The van der Waals surface area contributed by atoms with Crippen LogP contribution in [0.3, 0.4) is 0 Å². The molecule has 0 spiro atoms. The monoisotopic (exact) mass is 300 g/mol. The van der Waals surface area contributed by atoms with Gasteiger partial charge in [-0.15, -0.1) is 0 Å². The smallest absolute Gasteiger partial charge is 0.337 e. The first-order valence-electron chi connectivity index (χ1n) is 8.70. The van der Waals surface area contributed by atoms with E-state index in [2.05, 4.69) is 0 Å². The van der Waals surface area contributed by atoms with Crippen LogP contribution in [0, 0.1) is 0 Å². The molecule has 1 aliphatic rings. The molecule has 0 amide bonds. The highest BCUT2D eigenvalue weighted by Crippen LogP contribution is 2.12. The van der Waals surface area contributed by atoms with Gasteiger partial charge in [0, 0.05) is 13.2 Å². The minimum Gasteiger partial charge on any atom is -0.464 e. The zero-order chi connectivity index (χ0) is 15.2. The summed E-state index contributed by atoms with van der Waals surface area (Å²) in [5.74, 6) is -0.293. The maximum absolute atomic E-state index is 11.8. The van der Waals surface area contributed by atoms with Gasteiger partial charge in [0.1, 0.15) is 0 Å². The second-order valence-corrected chi connectivity index (χ2v) is 5.72. The van der Waals surface area contributed by atoms with Crippen LogP contribution in [-0.4, -0.2) is 38.5 Å². The van der Waals surface area contributed by atoms with Crippen molar-refractivity contribution in [3.63, 3.8) is 0 Å². The summed E-state index contributed by atoms with van der Waals surface area (Å²) in [5, 5.41) is 0. The minimum atomic E-state index is -0.558. The maximum Gasteiger partial charge on any atom is 0.337 e. The van der Waals surface area contributed by atoms with Crippen molar-refractivity contribution in [3.8, 4) is 0 Å². The molecule has 0 N–H and O–H groups in total. The van der Waals surface area contributed by atoms with Crippen molar-refractivity contribution in [2.24, 2.45) is 0 Å². The van der Waals surface area contributed by atoms with E-state index in [0.29, 0.717) is 26.4 Å². The summed E-state index contributed by atoms with van der Waals surface area (Å²) in [6.45, 7) is 3.85. The van der Waals surface area contributed by atoms with Crippen LogP contribution >= 0.6 is 0 Å². The fraction of sp³-hybridized carbons (Fsp3) is 0.941. The van der Waals surface area contributed by atoms with Gasteiger partial charge < -0.3 is 14.2 Å². The van der Waals surface area contributed by atoms with Crippen molar-refractivity contribution in [1.82, 2.24) is 0 Å². The Balaban J connectivity index is 2.32. The molecular formula is C17H32O4. The van der Waals surface area contributed by atoms with Crippen LogP contribution in [0.15, 0.2) is 0 Å². The highest BCUT2D eigenvalue weighted by Gasteiger charge is 2.20. The number of esters is 1. The molecule has 21 heavy (non-hydrogen) atoms. The van der Waals surface area contributed by atoms with Gasteiger partial charge >= 0.3 is 5.97 Å². The lowest BCUT2D eigenvalue weighted by Crippen LogP contribution is -2.32. The van der Waals surface area contributed by atoms with E-state index in [9.17, 15) is 4.79 Å². The second-order valence-electron chi connectivity index (χ2n) is 5.72. The molecule has 1 atom stereocenters. The molecule has 1 heterocycles. The Morgan fingerprint density at radius 2 is 1.43 bits per heavy atom. The van der Waals surface area contributed by atoms with Gasteiger partial charge in [-0.1, -0.05) is 51.4 Å². The predicted octanol–water partition coefficient (Wildman–Crippen LogP) is 3.87. The molecule has 1 fully saturated rings. The maximum atomic E-state index is 11.8. The first-order valence-corrected chi connectivity index (χ1v) is 8.70. The van der Waals surface area contributed by atoms with Gasteiger partial charge in [0.2, 0.25) is 0 Å².